The fourth-order valence-electron chi connectivity index (χ4n) is 4.92. The summed E-state index contributed by atoms with van der Waals surface area (Å²) in [6, 6.07) is 3.10. The van der Waals surface area contributed by atoms with E-state index in [1.807, 2.05) is 6.07 Å². The molecule has 27 heavy (non-hydrogen) atoms. The molecule has 1 aliphatic carbocycles. The Morgan fingerprint density at radius 3 is 2.78 bits per heavy atom. The lowest BCUT2D eigenvalue weighted by Crippen LogP contribution is -2.50. The minimum absolute atomic E-state index is 0.0775. The van der Waals surface area contributed by atoms with Gasteiger partial charge in [0.2, 0.25) is 0 Å². The first-order valence-electron chi connectivity index (χ1n) is 10.9. The Hall–Kier alpha value is -1.24. The maximum atomic E-state index is 12.4. The molecule has 1 aromatic heterocycles. The molecule has 0 aromatic carbocycles. The van der Waals surface area contributed by atoms with Crippen molar-refractivity contribution in [2.24, 2.45) is 0 Å². The highest BCUT2D eigenvalue weighted by Gasteiger charge is 2.24. The lowest BCUT2D eigenvalue weighted by molar-refractivity contribution is 0.130. The SMILES string of the molecule is CN1CCC(NCC2CCCCN2CCn2nc3c(cc2=O)CCC3)CC1. The van der Waals surface area contributed by atoms with Crippen molar-refractivity contribution >= 4 is 0 Å². The number of likely N-dealkylation sites (tertiary alicyclic amines) is 2. The number of hydrogen-bond acceptors (Lipinski definition) is 5. The molecule has 6 heteroatoms. The summed E-state index contributed by atoms with van der Waals surface area (Å²) < 4.78 is 1.71. The highest BCUT2D eigenvalue weighted by molar-refractivity contribution is 5.22. The van der Waals surface area contributed by atoms with E-state index >= 15 is 0 Å². The van der Waals surface area contributed by atoms with Gasteiger partial charge in [-0.1, -0.05) is 6.42 Å². The topological polar surface area (TPSA) is 53.4 Å². The molecule has 4 rings (SSSR count). The smallest absolute Gasteiger partial charge is 0.267 e. The highest BCUT2D eigenvalue weighted by Crippen LogP contribution is 2.19. The lowest BCUT2D eigenvalue weighted by Gasteiger charge is -2.38. The number of hydrogen-bond donors (Lipinski definition) is 1. The zero-order chi connectivity index (χ0) is 18.6. The molecular weight excluding hydrogens is 338 g/mol. The van der Waals surface area contributed by atoms with Crippen LogP contribution in [0.15, 0.2) is 10.9 Å². The van der Waals surface area contributed by atoms with Crippen molar-refractivity contribution in [3.8, 4) is 0 Å². The van der Waals surface area contributed by atoms with Gasteiger partial charge >= 0.3 is 0 Å². The number of nitrogens with zero attached hydrogens (tertiary/aromatic N) is 4. The van der Waals surface area contributed by atoms with Gasteiger partial charge in [-0.15, -0.1) is 0 Å². The van der Waals surface area contributed by atoms with E-state index in [1.54, 1.807) is 4.68 Å². The van der Waals surface area contributed by atoms with Crippen molar-refractivity contribution in [1.29, 1.82) is 0 Å². The summed E-state index contributed by atoms with van der Waals surface area (Å²) in [5.74, 6) is 0. The summed E-state index contributed by atoms with van der Waals surface area (Å²) in [5.41, 5.74) is 2.40. The molecular formula is C21H35N5O. The van der Waals surface area contributed by atoms with Gasteiger partial charge in [0.1, 0.15) is 0 Å². The normalized spacial score (nSPS) is 25.0. The standard InChI is InChI=1S/C21H35N5O/c1-24-11-8-18(9-12-24)22-16-19-6-2-3-10-25(19)13-14-26-21(27)15-17-5-4-7-20(17)23-26/h15,18-19,22H,2-14,16H2,1H3. The van der Waals surface area contributed by atoms with E-state index in [-0.39, 0.29) is 5.56 Å². The quantitative estimate of drug-likeness (QED) is 0.814. The second-order valence-electron chi connectivity index (χ2n) is 8.70. The molecule has 3 heterocycles. The summed E-state index contributed by atoms with van der Waals surface area (Å²) in [4.78, 5) is 17.4. The highest BCUT2D eigenvalue weighted by atomic mass is 16.1. The third kappa shape index (κ3) is 4.79. The summed E-state index contributed by atoms with van der Waals surface area (Å²) >= 11 is 0. The Kier molecular flexibility index (Phi) is 6.25. The molecule has 2 aliphatic heterocycles. The summed E-state index contributed by atoms with van der Waals surface area (Å²) in [5, 5.41) is 8.48. The fourth-order valence-corrected chi connectivity index (χ4v) is 4.92. The maximum Gasteiger partial charge on any atom is 0.267 e. The maximum absolute atomic E-state index is 12.4. The van der Waals surface area contributed by atoms with Crippen molar-refractivity contribution < 1.29 is 0 Å². The van der Waals surface area contributed by atoms with Crippen LogP contribution in [-0.2, 0) is 19.4 Å². The first-order valence-corrected chi connectivity index (χ1v) is 10.9. The van der Waals surface area contributed by atoms with Crippen molar-refractivity contribution in [2.75, 3.05) is 39.8 Å². The van der Waals surface area contributed by atoms with Gasteiger partial charge < -0.3 is 10.2 Å². The van der Waals surface area contributed by atoms with Crippen LogP contribution in [0.1, 0.15) is 49.8 Å². The molecule has 2 saturated heterocycles. The van der Waals surface area contributed by atoms with Gasteiger partial charge in [0.15, 0.2) is 0 Å². The van der Waals surface area contributed by atoms with Crippen LogP contribution < -0.4 is 10.9 Å². The molecule has 0 amide bonds. The summed E-state index contributed by atoms with van der Waals surface area (Å²) in [6.07, 6.45) is 9.59. The molecule has 0 saturated carbocycles. The Labute approximate surface area is 162 Å². The Balaban J connectivity index is 1.31. The van der Waals surface area contributed by atoms with Gasteiger partial charge in [0.25, 0.3) is 5.56 Å². The molecule has 1 atom stereocenters. The molecule has 6 nitrogen and oxygen atoms in total. The van der Waals surface area contributed by atoms with Gasteiger partial charge in [-0.2, -0.15) is 5.10 Å². The number of nitrogens with one attached hydrogen (secondary N) is 1. The average Bonchev–Trinajstić information content (AvgIpc) is 3.13. The second kappa shape index (κ2) is 8.84. The van der Waals surface area contributed by atoms with Crippen LogP contribution in [0.25, 0.3) is 0 Å². The largest absolute Gasteiger partial charge is 0.312 e. The van der Waals surface area contributed by atoms with Gasteiger partial charge in [0, 0.05) is 31.2 Å². The second-order valence-corrected chi connectivity index (χ2v) is 8.70. The van der Waals surface area contributed by atoms with E-state index in [0.29, 0.717) is 12.1 Å². The third-order valence-corrected chi connectivity index (χ3v) is 6.73. The molecule has 1 N–H and O–H groups in total. The number of aryl methyl sites for hydroxylation is 2. The van der Waals surface area contributed by atoms with E-state index in [9.17, 15) is 4.79 Å². The average molecular weight is 374 g/mol. The molecule has 150 valence electrons. The lowest BCUT2D eigenvalue weighted by atomic mass is 10.0. The Bertz CT molecular complexity index is 680. The van der Waals surface area contributed by atoms with Crippen LogP contribution in [0.4, 0.5) is 0 Å². The van der Waals surface area contributed by atoms with Gasteiger partial charge in [0.05, 0.1) is 12.2 Å². The predicted molar refractivity (Wildman–Crippen MR) is 108 cm³/mol. The molecule has 3 aliphatic rings. The van der Waals surface area contributed by atoms with Gasteiger partial charge in [-0.05, 0) is 77.2 Å². The zero-order valence-electron chi connectivity index (χ0n) is 16.8. The van der Waals surface area contributed by atoms with Crippen LogP contribution >= 0.6 is 0 Å². The predicted octanol–water partition coefficient (Wildman–Crippen LogP) is 1.27. The Morgan fingerprint density at radius 2 is 1.93 bits per heavy atom. The van der Waals surface area contributed by atoms with Crippen molar-refractivity contribution in [1.82, 2.24) is 24.9 Å². The van der Waals surface area contributed by atoms with E-state index in [1.165, 1.54) is 50.8 Å². The van der Waals surface area contributed by atoms with Crippen LogP contribution in [-0.4, -0.2) is 71.4 Å². The first kappa shape index (κ1) is 19.1. The number of fused-ring (bicyclic) bond motifs is 1. The number of rotatable bonds is 6. The van der Waals surface area contributed by atoms with E-state index in [0.717, 1.165) is 51.1 Å². The van der Waals surface area contributed by atoms with Crippen LogP contribution in [0.5, 0.6) is 0 Å². The molecule has 0 radical (unpaired) electrons. The molecule has 1 aromatic rings. The summed E-state index contributed by atoms with van der Waals surface area (Å²) in [7, 11) is 2.22. The minimum atomic E-state index is 0.0775. The molecule has 0 spiro atoms. The van der Waals surface area contributed by atoms with E-state index in [2.05, 4.69) is 27.3 Å². The van der Waals surface area contributed by atoms with E-state index in [4.69, 9.17) is 0 Å². The van der Waals surface area contributed by atoms with Crippen molar-refractivity contribution in [2.45, 2.75) is 70.0 Å². The van der Waals surface area contributed by atoms with Gasteiger partial charge in [-0.3, -0.25) is 9.69 Å². The van der Waals surface area contributed by atoms with Crippen LogP contribution in [0.2, 0.25) is 0 Å². The Morgan fingerprint density at radius 1 is 1.07 bits per heavy atom. The van der Waals surface area contributed by atoms with Gasteiger partial charge in [-0.25, -0.2) is 4.68 Å². The molecule has 1 unspecified atom stereocenters. The third-order valence-electron chi connectivity index (χ3n) is 6.73. The zero-order valence-corrected chi connectivity index (χ0v) is 16.8. The first-order chi connectivity index (χ1) is 13.2. The fraction of sp³-hybridized carbons (Fsp3) is 0.810. The van der Waals surface area contributed by atoms with E-state index < -0.39 is 0 Å². The van der Waals surface area contributed by atoms with Crippen molar-refractivity contribution in [3.05, 3.63) is 27.7 Å². The molecule has 0 bridgehead atoms. The van der Waals surface area contributed by atoms with Crippen molar-refractivity contribution in [3.63, 3.8) is 0 Å². The van der Waals surface area contributed by atoms with Crippen LogP contribution in [0, 0.1) is 0 Å². The number of aromatic nitrogens is 2. The summed E-state index contributed by atoms with van der Waals surface area (Å²) in [6.45, 7) is 6.31. The monoisotopic (exact) mass is 373 g/mol. The van der Waals surface area contributed by atoms with Crippen LogP contribution in [0.3, 0.4) is 0 Å². The number of piperidine rings is 2. The molecule has 2 fully saturated rings. The minimum Gasteiger partial charge on any atom is -0.312 e.